The summed E-state index contributed by atoms with van der Waals surface area (Å²) in [7, 11) is 0. The lowest BCUT2D eigenvalue weighted by atomic mass is 10.1. The van der Waals surface area contributed by atoms with E-state index in [-0.39, 0.29) is 30.6 Å². The Morgan fingerprint density at radius 3 is 2.72 bits per heavy atom. The molecule has 2 aliphatic rings. The highest BCUT2D eigenvalue weighted by atomic mass is 16.5. The number of aryl methyl sites for hydroxylation is 1. The van der Waals surface area contributed by atoms with Crippen LogP contribution in [0, 0.1) is 6.92 Å². The number of ether oxygens (including phenoxy) is 1. The third-order valence-corrected chi connectivity index (χ3v) is 4.79. The van der Waals surface area contributed by atoms with Crippen LogP contribution in [-0.4, -0.2) is 53.5 Å². The Hall–Kier alpha value is -2.73. The highest BCUT2D eigenvalue weighted by Gasteiger charge is 2.45. The molecule has 1 aromatic heterocycles. The topological polar surface area (TPSA) is 62.7 Å². The molecule has 0 bridgehead atoms. The number of anilines is 1. The van der Waals surface area contributed by atoms with Crippen molar-refractivity contribution >= 4 is 17.5 Å². The second-order valence-corrected chi connectivity index (χ2v) is 6.40. The molecule has 2 atom stereocenters. The number of para-hydroxylation sites is 1. The molecule has 4 rings (SSSR count). The number of amides is 2. The normalized spacial score (nSPS) is 22.8. The van der Waals surface area contributed by atoms with Crippen LogP contribution in [0.1, 0.15) is 16.1 Å². The van der Waals surface area contributed by atoms with Gasteiger partial charge in [0.05, 0.1) is 12.1 Å². The van der Waals surface area contributed by atoms with Gasteiger partial charge >= 0.3 is 0 Å². The van der Waals surface area contributed by atoms with E-state index in [9.17, 15) is 9.59 Å². The molecule has 0 saturated carbocycles. The molecule has 2 aliphatic heterocycles. The molecule has 2 fully saturated rings. The van der Waals surface area contributed by atoms with Crippen LogP contribution in [0.4, 0.5) is 5.69 Å². The summed E-state index contributed by atoms with van der Waals surface area (Å²) in [6.45, 7) is 2.83. The molecule has 2 saturated heterocycles. The Bertz CT molecular complexity index is 809. The van der Waals surface area contributed by atoms with Gasteiger partial charge in [-0.2, -0.15) is 0 Å². The molecule has 25 heavy (non-hydrogen) atoms. The number of rotatable bonds is 2. The number of likely N-dealkylation sites (tertiary alicyclic amines) is 1. The zero-order valence-corrected chi connectivity index (χ0v) is 14.0. The minimum atomic E-state index is -0.175. The van der Waals surface area contributed by atoms with E-state index in [1.54, 1.807) is 16.0 Å². The van der Waals surface area contributed by atoms with Crippen LogP contribution in [0.2, 0.25) is 0 Å². The van der Waals surface area contributed by atoms with Crippen molar-refractivity contribution < 1.29 is 14.3 Å². The van der Waals surface area contributed by atoms with Crippen molar-refractivity contribution in [3.8, 4) is 0 Å². The molecule has 128 valence electrons. The van der Waals surface area contributed by atoms with Crippen molar-refractivity contribution in [3.63, 3.8) is 0 Å². The first-order valence-electron chi connectivity index (χ1n) is 8.35. The van der Waals surface area contributed by atoms with E-state index in [4.69, 9.17) is 4.74 Å². The lowest BCUT2D eigenvalue weighted by molar-refractivity contribution is -0.130. The molecule has 1 aromatic carbocycles. The Balaban J connectivity index is 1.60. The van der Waals surface area contributed by atoms with Gasteiger partial charge in [0.2, 0.25) is 0 Å². The molecule has 0 unspecified atom stereocenters. The summed E-state index contributed by atoms with van der Waals surface area (Å²) < 4.78 is 5.71. The van der Waals surface area contributed by atoms with E-state index in [2.05, 4.69) is 4.98 Å². The first-order valence-corrected chi connectivity index (χ1v) is 8.35. The Morgan fingerprint density at radius 1 is 1.16 bits per heavy atom. The van der Waals surface area contributed by atoms with Gasteiger partial charge in [-0.25, -0.2) is 0 Å². The third kappa shape index (κ3) is 2.78. The largest absolute Gasteiger partial charge is 0.364 e. The summed E-state index contributed by atoms with van der Waals surface area (Å²) in [5, 5.41) is 0. The number of benzene rings is 1. The average molecular weight is 337 g/mol. The van der Waals surface area contributed by atoms with Gasteiger partial charge in [-0.3, -0.25) is 14.6 Å². The number of aromatic nitrogens is 1. The predicted molar refractivity (Wildman–Crippen MR) is 92.3 cm³/mol. The number of pyridine rings is 1. The van der Waals surface area contributed by atoms with Crippen LogP contribution < -0.4 is 4.90 Å². The summed E-state index contributed by atoms with van der Waals surface area (Å²) in [6, 6.07) is 13.1. The lowest BCUT2D eigenvalue weighted by Gasteiger charge is -2.36. The zero-order valence-electron chi connectivity index (χ0n) is 14.0. The minimum Gasteiger partial charge on any atom is -0.364 e. The van der Waals surface area contributed by atoms with E-state index in [0.29, 0.717) is 18.8 Å². The maximum absolute atomic E-state index is 12.8. The molecule has 0 spiro atoms. The van der Waals surface area contributed by atoms with E-state index in [0.717, 1.165) is 11.3 Å². The lowest BCUT2D eigenvalue weighted by Crippen LogP contribution is -2.54. The van der Waals surface area contributed by atoms with Gasteiger partial charge in [0.25, 0.3) is 11.8 Å². The van der Waals surface area contributed by atoms with Gasteiger partial charge in [-0.05, 0) is 30.7 Å². The van der Waals surface area contributed by atoms with Gasteiger partial charge in [-0.15, -0.1) is 0 Å². The molecular formula is C19H19N3O3. The van der Waals surface area contributed by atoms with E-state index in [1.807, 2.05) is 49.4 Å². The van der Waals surface area contributed by atoms with Crippen LogP contribution in [-0.2, 0) is 9.53 Å². The number of carbonyl (C=O) groups excluding carboxylic acids is 2. The SMILES string of the molecule is Cc1cccnc1C(=O)N1C[C@@H]2OCC(=O)N(c3ccccc3)[C@H]2C1. The predicted octanol–water partition coefficient (Wildman–Crippen LogP) is 1.65. The molecule has 6 nitrogen and oxygen atoms in total. The van der Waals surface area contributed by atoms with Crippen LogP contribution >= 0.6 is 0 Å². The number of fused-ring (bicyclic) bond motifs is 1. The molecule has 0 N–H and O–H groups in total. The zero-order chi connectivity index (χ0) is 17.4. The number of nitrogens with zero attached hydrogens (tertiary/aromatic N) is 3. The Labute approximate surface area is 146 Å². The first kappa shape index (κ1) is 15.8. The molecular weight excluding hydrogens is 318 g/mol. The van der Waals surface area contributed by atoms with Gasteiger partial charge < -0.3 is 14.5 Å². The highest BCUT2D eigenvalue weighted by molar-refractivity contribution is 5.97. The number of carbonyl (C=O) groups is 2. The summed E-state index contributed by atoms with van der Waals surface area (Å²) >= 11 is 0. The second kappa shape index (κ2) is 6.29. The van der Waals surface area contributed by atoms with Crippen molar-refractivity contribution in [1.82, 2.24) is 9.88 Å². The van der Waals surface area contributed by atoms with Crippen molar-refractivity contribution in [2.45, 2.75) is 19.1 Å². The number of hydrogen-bond acceptors (Lipinski definition) is 4. The van der Waals surface area contributed by atoms with E-state index in [1.165, 1.54) is 0 Å². The minimum absolute atomic E-state index is 0.0424. The monoisotopic (exact) mass is 337 g/mol. The van der Waals surface area contributed by atoms with Gasteiger partial charge in [0, 0.05) is 25.0 Å². The first-order chi connectivity index (χ1) is 12.1. The second-order valence-electron chi connectivity index (χ2n) is 6.40. The highest BCUT2D eigenvalue weighted by Crippen LogP contribution is 2.29. The van der Waals surface area contributed by atoms with Crippen LogP contribution in [0.25, 0.3) is 0 Å². The van der Waals surface area contributed by atoms with Crippen molar-refractivity contribution in [1.29, 1.82) is 0 Å². The standard InChI is InChI=1S/C19H19N3O3/c1-13-6-5-9-20-18(13)19(24)21-10-15-16(11-21)25-12-17(23)22(15)14-7-3-2-4-8-14/h2-9,15-16H,10-12H2,1H3/t15-,16-/m0/s1. The number of morpholine rings is 1. The average Bonchev–Trinajstić information content (AvgIpc) is 3.06. The fourth-order valence-electron chi connectivity index (χ4n) is 3.55. The summed E-state index contributed by atoms with van der Waals surface area (Å²) in [4.78, 5) is 33.0. The molecule has 3 heterocycles. The fourth-order valence-corrected chi connectivity index (χ4v) is 3.55. The summed E-state index contributed by atoms with van der Waals surface area (Å²) in [5.74, 6) is -0.188. The van der Waals surface area contributed by atoms with E-state index >= 15 is 0 Å². The quantitative estimate of drug-likeness (QED) is 0.836. The number of hydrogen-bond donors (Lipinski definition) is 0. The summed E-state index contributed by atoms with van der Waals surface area (Å²) in [6.07, 6.45) is 1.45. The fraction of sp³-hybridized carbons (Fsp3) is 0.316. The third-order valence-electron chi connectivity index (χ3n) is 4.79. The molecule has 0 aliphatic carbocycles. The van der Waals surface area contributed by atoms with Crippen molar-refractivity contribution in [2.24, 2.45) is 0 Å². The summed E-state index contributed by atoms with van der Waals surface area (Å²) in [5.41, 5.74) is 2.15. The van der Waals surface area contributed by atoms with Crippen LogP contribution in [0.5, 0.6) is 0 Å². The molecule has 2 aromatic rings. The van der Waals surface area contributed by atoms with Crippen LogP contribution in [0.15, 0.2) is 48.7 Å². The van der Waals surface area contributed by atoms with Gasteiger partial charge in [-0.1, -0.05) is 24.3 Å². The van der Waals surface area contributed by atoms with Gasteiger partial charge in [0.1, 0.15) is 12.3 Å². The smallest absolute Gasteiger partial charge is 0.272 e. The Morgan fingerprint density at radius 2 is 1.96 bits per heavy atom. The molecule has 2 amide bonds. The van der Waals surface area contributed by atoms with Crippen molar-refractivity contribution in [3.05, 3.63) is 59.9 Å². The molecule has 0 radical (unpaired) electrons. The van der Waals surface area contributed by atoms with Crippen molar-refractivity contribution in [2.75, 3.05) is 24.6 Å². The van der Waals surface area contributed by atoms with E-state index < -0.39 is 0 Å². The van der Waals surface area contributed by atoms with Gasteiger partial charge in [0.15, 0.2) is 0 Å². The maximum atomic E-state index is 12.8. The van der Waals surface area contributed by atoms with Crippen LogP contribution in [0.3, 0.4) is 0 Å². The Kier molecular flexibility index (Phi) is 3.97. The molecule has 6 heteroatoms. The maximum Gasteiger partial charge on any atom is 0.272 e.